The number of ether oxygens (including phenoxy) is 2. The fourth-order valence-corrected chi connectivity index (χ4v) is 2.21. The first-order valence-corrected chi connectivity index (χ1v) is 6.75. The minimum absolute atomic E-state index is 0.119. The third kappa shape index (κ3) is 3.76. The van der Waals surface area contributed by atoms with Gasteiger partial charge < -0.3 is 14.8 Å². The number of nitrogens with zero attached hydrogens (tertiary/aromatic N) is 1. The molecule has 0 radical (unpaired) electrons. The number of carbonyl (C=O) groups is 2. The van der Waals surface area contributed by atoms with Gasteiger partial charge in [0, 0.05) is 0 Å². The summed E-state index contributed by atoms with van der Waals surface area (Å²) in [5.41, 5.74) is 3.14. The Morgan fingerprint density at radius 2 is 2.14 bits per heavy atom. The maximum atomic E-state index is 12.0. The Bertz CT molecular complexity index is 562. The first-order valence-electron chi connectivity index (χ1n) is 6.00. The predicted octanol–water partition coefficient (Wildman–Crippen LogP) is 2.11. The fraction of sp³-hybridized carbons (Fsp3) is 0.333. The summed E-state index contributed by atoms with van der Waals surface area (Å²) in [6, 6.07) is 2.32. The first kappa shape index (κ1) is 15.8. The van der Waals surface area contributed by atoms with Crippen molar-refractivity contribution >= 4 is 40.9 Å². The van der Waals surface area contributed by atoms with Crippen LogP contribution in [0.3, 0.4) is 0 Å². The molecule has 0 atom stereocenters. The Hall–Kier alpha value is -1.54. The normalized spacial score (nSPS) is 14.7. The number of benzene rings is 1. The highest BCUT2D eigenvalue weighted by molar-refractivity contribution is 6.38. The van der Waals surface area contributed by atoms with E-state index in [9.17, 15) is 9.59 Å². The number of halogens is 2. The lowest BCUT2D eigenvalue weighted by Crippen LogP contribution is -2.51. The highest BCUT2D eigenvalue weighted by Gasteiger charge is 2.20. The Kier molecular flexibility index (Phi) is 5.24. The molecule has 0 aliphatic carbocycles. The van der Waals surface area contributed by atoms with Gasteiger partial charge in [-0.15, -0.1) is 0 Å². The van der Waals surface area contributed by atoms with Gasteiger partial charge in [-0.3, -0.25) is 5.01 Å². The third-order valence-electron chi connectivity index (χ3n) is 2.77. The van der Waals surface area contributed by atoms with Gasteiger partial charge in [0.25, 0.3) is 0 Å². The minimum Gasteiger partial charge on any atom is -0.465 e. The number of anilines is 1. The fourth-order valence-electron chi connectivity index (χ4n) is 1.70. The van der Waals surface area contributed by atoms with Crippen LogP contribution in [0, 0.1) is 0 Å². The van der Waals surface area contributed by atoms with E-state index in [2.05, 4.69) is 15.5 Å². The van der Waals surface area contributed by atoms with Crippen molar-refractivity contribution in [1.82, 2.24) is 10.4 Å². The molecule has 0 unspecified atom stereocenters. The van der Waals surface area contributed by atoms with Crippen LogP contribution in [0.1, 0.15) is 10.4 Å². The highest BCUT2D eigenvalue weighted by atomic mass is 35.5. The van der Waals surface area contributed by atoms with Crippen molar-refractivity contribution in [2.24, 2.45) is 0 Å². The molecule has 0 saturated carbocycles. The number of carbonyl (C=O) groups excluding carboxylic acids is 2. The second-order valence-corrected chi connectivity index (χ2v) is 4.91. The van der Waals surface area contributed by atoms with E-state index in [1.54, 1.807) is 0 Å². The molecule has 2 N–H and O–H groups in total. The molecule has 1 aromatic carbocycles. The zero-order valence-corrected chi connectivity index (χ0v) is 12.6. The van der Waals surface area contributed by atoms with Crippen molar-refractivity contribution in [2.45, 2.75) is 0 Å². The van der Waals surface area contributed by atoms with Gasteiger partial charge in [0.2, 0.25) is 0 Å². The van der Waals surface area contributed by atoms with Crippen LogP contribution in [0.4, 0.5) is 10.5 Å². The Morgan fingerprint density at radius 1 is 1.38 bits per heavy atom. The topological polar surface area (TPSA) is 79.9 Å². The molecule has 2 rings (SSSR count). The third-order valence-corrected chi connectivity index (χ3v) is 3.39. The molecule has 0 spiro atoms. The molecule has 0 bridgehead atoms. The number of nitrogens with one attached hydrogen (secondary N) is 2. The van der Waals surface area contributed by atoms with Gasteiger partial charge in [-0.1, -0.05) is 23.2 Å². The van der Waals surface area contributed by atoms with Crippen molar-refractivity contribution < 1.29 is 19.1 Å². The van der Waals surface area contributed by atoms with Crippen LogP contribution in [0.5, 0.6) is 0 Å². The Labute approximate surface area is 131 Å². The molecule has 2 amide bonds. The highest BCUT2D eigenvalue weighted by Crippen LogP contribution is 2.30. The van der Waals surface area contributed by atoms with Gasteiger partial charge in [-0.05, 0) is 12.1 Å². The van der Waals surface area contributed by atoms with Crippen molar-refractivity contribution in [3.05, 3.63) is 27.7 Å². The zero-order chi connectivity index (χ0) is 15.4. The first-order chi connectivity index (χ1) is 10.0. The van der Waals surface area contributed by atoms with E-state index in [1.165, 1.54) is 24.3 Å². The molecular weight excluding hydrogens is 321 g/mol. The summed E-state index contributed by atoms with van der Waals surface area (Å²) in [7, 11) is 1.24. The van der Waals surface area contributed by atoms with Crippen molar-refractivity contribution in [3.63, 3.8) is 0 Å². The summed E-state index contributed by atoms with van der Waals surface area (Å²) in [5.74, 6) is -0.614. The van der Waals surface area contributed by atoms with Crippen LogP contribution >= 0.6 is 23.2 Å². The maximum absolute atomic E-state index is 12.0. The van der Waals surface area contributed by atoms with Gasteiger partial charge in [0.05, 0.1) is 41.6 Å². The summed E-state index contributed by atoms with van der Waals surface area (Å²) in [4.78, 5) is 23.6. The summed E-state index contributed by atoms with van der Waals surface area (Å²) in [5, 5.41) is 4.31. The van der Waals surface area contributed by atoms with E-state index in [1.807, 2.05) is 0 Å². The molecule has 1 fully saturated rings. The molecule has 9 heteroatoms. The Balaban J connectivity index is 2.18. The number of esters is 1. The van der Waals surface area contributed by atoms with Crippen molar-refractivity contribution in [1.29, 1.82) is 0 Å². The summed E-state index contributed by atoms with van der Waals surface area (Å²) in [6.07, 6.45) is 0. The number of amides is 2. The monoisotopic (exact) mass is 333 g/mol. The average molecular weight is 334 g/mol. The average Bonchev–Trinajstić information content (AvgIpc) is 2.50. The van der Waals surface area contributed by atoms with Gasteiger partial charge in [-0.2, -0.15) is 0 Å². The number of hydrogen-bond acceptors (Lipinski definition) is 5. The van der Waals surface area contributed by atoms with Crippen LogP contribution in [0.15, 0.2) is 12.1 Å². The van der Waals surface area contributed by atoms with E-state index < -0.39 is 12.0 Å². The maximum Gasteiger partial charge on any atom is 0.339 e. The van der Waals surface area contributed by atoms with Crippen LogP contribution in [-0.4, -0.2) is 44.0 Å². The largest absolute Gasteiger partial charge is 0.465 e. The molecule has 1 saturated heterocycles. The molecule has 114 valence electrons. The van der Waals surface area contributed by atoms with Crippen molar-refractivity contribution in [2.75, 3.05) is 32.3 Å². The Morgan fingerprint density at radius 3 is 2.76 bits per heavy atom. The predicted molar refractivity (Wildman–Crippen MR) is 77.5 cm³/mol. The lowest BCUT2D eigenvalue weighted by molar-refractivity contribution is 0.00550. The molecule has 21 heavy (non-hydrogen) atoms. The molecule has 7 nitrogen and oxygen atoms in total. The van der Waals surface area contributed by atoms with Gasteiger partial charge in [0.1, 0.15) is 6.73 Å². The molecular formula is C12H13Cl2N3O4. The molecule has 1 aliphatic heterocycles. The van der Waals surface area contributed by atoms with Crippen molar-refractivity contribution in [3.8, 4) is 0 Å². The number of hydrazine groups is 1. The second-order valence-electron chi connectivity index (χ2n) is 4.10. The summed E-state index contributed by atoms with van der Waals surface area (Å²) < 4.78 is 9.68. The van der Waals surface area contributed by atoms with Gasteiger partial charge >= 0.3 is 12.0 Å². The van der Waals surface area contributed by atoms with Crippen LogP contribution in [0.25, 0.3) is 0 Å². The smallest absolute Gasteiger partial charge is 0.339 e. The number of methoxy groups -OCH3 is 1. The molecule has 1 heterocycles. The quantitative estimate of drug-likeness (QED) is 0.810. The zero-order valence-electron chi connectivity index (χ0n) is 11.1. The number of urea groups is 1. The standard InChI is InChI=1S/C12H13Cl2N3O4/c1-20-11(18)7-4-10(9(14)5-8(7)13)16-12(19)17-2-3-21-6-15-17/h4-5,15H,2-3,6H2,1H3,(H,16,19). The van der Waals surface area contributed by atoms with E-state index >= 15 is 0 Å². The van der Waals surface area contributed by atoms with E-state index in [-0.39, 0.29) is 28.0 Å². The second kappa shape index (κ2) is 6.95. The molecule has 1 aromatic rings. The lowest BCUT2D eigenvalue weighted by atomic mass is 10.2. The van der Waals surface area contributed by atoms with E-state index in [4.69, 9.17) is 27.9 Å². The van der Waals surface area contributed by atoms with E-state index in [0.29, 0.717) is 13.2 Å². The van der Waals surface area contributed by atoms with Gasteiger partial charge in [0.15, 0.2) is 0 Å². The van der Waals surface area contributed by atoms with Gasteiger partial charge in [-0.25, -0.2) is 15.0 Å². The summed E-state index contributed by atoms with van der Waals surface area (Å²) in [6.45, 7) is 1.07. The van der Waals surface area contributed by atoms with E-state index in [0.717, 1.165) is 0 Å². The summed E-state index contributed by atoms with van der Waals surface area (Å²) >= 11 is 11.9. The molecule has 0 aromatic heterocycles. The molecule has 1 aliphatic rings. The minimum atomic E-state index is -0.614. The van der Waals surface area contributed by atoms with Crippen LogP contribution < -0.4 is 10.7 Å². The lowest BCUT2D eigenvalue weighted by Gasteiger charge is -2.27. The van der Waals surface area contributed by atoms with Crippen LogP contribution in [0.2, 0.25) is 10.0 Å². The SMILES string of the molecule is COC(=O)c1cc(NC(=O)N2CCOCN2)c(Cl)cc1Cl. The number of hydrogen-bond donors (Lipinski definition) is 2. The number of rotatable bonds is 2. The van der Waals surface area contributed by atoms with Crippen LogP contribution in [-0.2, 0) is 9.47 Å².